The Hall–Kier alpha value is -3.34. The summed E-state index contributed by atoms with van der Waals surface area (Å²) in [6.45, 7) is -0.0176. The lowest BCUT2D eigenvalue weighted by Crippen LogP contribution is -2.47. The van der Waals surface area contributed by atoms with E-state index >= 15 is 0 Å². The molecular weight excluding hydrogens is 373 g/mol. The molecule has 1 aromatic heterocycles. The van der Waals surface area contributed by atoms with Gasteiger partial charge in [0.25, 0.3) is 5.91 Å². The molecule has 2 aromatic rings. The number of hydrogen-bond acceptors (Lipinski definition) is 5. The fourth-order valence-corrected chi connectivity index (χ4v) is 4.12. The van der Waals surface area contributed by atoms with E-state index in [9.17, 15) is 14.0 Å². The first-order chi connectivity index (χ1) is 14.0. The molecule has 7 nitrogen and oxygen atoms in total. The van der Waals surface area contributed by atoms with E-state index in [2.05, 4.69) is 15.3 Å². The summed E-state index contributed by atoms with van der Waals surface area (Å²) in [5.74, 6) is -0.145. The lowest BCUT2D eigenvalue weighted by molar-refractivity contribution is -0.117. The molecule has 2 atom stereocenters. The zero-order valence-electron chi connectivity index (χ0n) is 15.6. The highest BCUT2D eigenvalue weighted by Crippen LogP contribution is 2.55. The van der Waals surface area contributed by atoms with Crippen LogP contribution in [0.15, 0.2) is 30.6 Å². The zero-order valence-corrected chi connectivity index (χ0v) is 15.6. The van der Waals surface area contributed by atoms with Crippen molar-refractivity contribution in [2.45, 2.75) is 36.8 Å². The second-order valence-electron chi connectivity index (χ2n) is 8.02. The number of fused-ring (bicyclic) bond motifs is 2. The maximum atomic E-state index is 14.5. The molecule has 2 fully saturated rings. The Kier molecular flexibility index (Phi) is 3.88. The van der Waals surface area contributed by atoms with E-state index in [1.165, 1.54) is 22.9 Å². The summed E-state index contributed by atoms with van der Waals surface area (Å²) in [6, 6.07) is 7.64. The Morgan fingerprint density at radius 3 is 2.69 bits per heavy atom. The molecule has 8 heteroatoms. The minimum atomic E-state index is -1.00. The van der Waals surface area contributed by atoms with Crippen LogP contribution in [-0.2, 0) is 10.2 Å². The highest BCUT2D eigenvalue weighted by atomic mass is 19.1. The van der Waals surface area contributed by atoms with Gasteiger partial charge in [0.2, 0.25) is 11.9 Å². The zero-order chi connectivity index (χ0) is 20.2. The maximum Gasteiger partial charge on any atom is 0.254 e. The fourth-order valence-electron chi connectivity index (χ4n) is 4.12. The third-order valence-electron chi connectivity index (χ3n) is 5.97. The molecule has 1 spiro atoms. The second-order valence-corrected chi connectivity index (χ2v) is 8.02. The van der Waals surface area contributed by atoms with Gasteiger partial charge in [-0.15, -0.1) is 0 Å². The molecule has 2 amide bonds. The summed E-state index contributed by atoms with van der Waals surface area (Å²) in [7, 11) is 0. The summed E-state index contributed by atoms with van der Waals surface area (Å²) in [5, 5.41) is 11.3. The van der Waals surface area contributed by atoms with E-state index < -0.39 is 17.5 Å². The van der Waals surface area contributed by atoms with Crippen LogP contribution >= 0.6 is 0 Å². The van der Waals surface area contributed by atoms with Crippen LogP contribution in [-0.4, -0.2) is 45.9 Å². The SMILES string of the molecule is N#Cc1cnc(NC(=O)CN2C[C@]3(C[C@H]3F)c3cc(C4CC4)ccc3C2=O)nc1. The average Bonchev–Trinajstić information content (AvgIpc) is 3.64. The van der Waals surface area contributed by atoms with Crippen LogP contribution in [0.2, 0.25) is 0 Å². The number of benzene rings is 1. The number of carbonyl (C=O) groups excluding carboxylic acids is 2. The Bertz CT molecular complexity index is 1060. The van der Waals surface area contributed by atoms with Crippen molar-refractivity contribution in [3.05, 3.63) is 52.8 Å². The van der Waals surface area contributed by atoms with Crippen LogP contribution < -0.4 is 5.32 Å². The Morgan fingerprint density at radius 1 is 1.34 bits per heavy atom. The second kappa shape index (κ2) is 6.34. The molecule has 3 aliphatic rings. The minimum Gasteiger partial charge on any atom is -0.328 e. The van der Waals surface area contributed by atoms with Gasteiger partial charge in [0.15, 0.2) is 0 Å². The van der Waals surface area contributed by atoms with Crippen LogP contribution in [0, 0.1) is 11.3 Å². The van der Waals surface area contributed by atoms with Crippen molar-refractivity contribution in [3.8, 4) is 6.07 Å². The molecule has 0 bridgehead atoms. The average molecular weight is 391 g/mol. The standard InChI is InChI=1S/C21H18FN5O2/c22-17-6-21(17)11-27(10-18(28)26-20-24-8-12(7-23)9-25-20)19(29)15-4-3-14(5-16(15)21)13-1-2-13/h3-5,8-9,13,17H,1-2,6,10-11H2,(H,24,25,26,28)/t17-,21-/m1/s1. The molecule has 1 N–H and O–H groups in total. The minimum absolute atomic E-state index is 0.0532. The molecule has 2 saturated carbocycles. The van der Waals surface area contributed by atoms with Gasteiger partial charge in [0, 0.05) is 17.5 Å². The molecule has 0 radical (unpaired) electrons. The van der Waals surface area contributed by atoms with Crippen LogP contribution in [0.5, 0.6) is 0 Å². The monoisotopic (exact) mass is 391 g/mol. The Labute approximate surface area is 166 Å². The predicted molar refractivity (Wildman–Crippen MR) is 101 cm³/mol. The number of halogens is 1. The van der Waals surface area contributed by atoms with Crippen molar-refractivity contribution in [3.63, 3.8) is 0 Å². The maximum absolute atomic E-state index is 14.5. The third-order valence-corrected chi connectivity index (χ3v) is 5.97. The number of aromatic nitrogens is 2. The Morgan fingerprint density at radius 2 is 2.07 bits per heavy atom. The van der Waals surface area contributed by atoms with Gasteiger partial charge in [-0.05, 0) is 42.4 Å². The number of nitrogens with one attached hydrogen (secondary N) is 1. The van der Waals surface area contributed by atoms with Gasteiger partial charge in [-0.2, -0.15) is 5.26 Å². The van der Waals surface area contributed by atoms with Gasteiger partial charge in [-0.3, -0.25) is 14.9 Å². The normalized spacial score (nSPS) is 24.8. The summed E-state index contributed by atoms with van der Waals surface area (Å²) in [4.78, 5) is 34.6. The molecule has 146 valence electrons. The summed E-state index contributed by atoms with van der Waals surface area (Å²) in [5.41, 5.74) is 2.05. The lowest BCUT2D eigenvalue weighted by Gasteiger charge is -2.34. The smallest absolute Gasteiger partial charge is 0.254 e. The third kappa shape index (κ3) is 3.03. The van der Waals surface area contributed by atoms with Crippen molar-refractivity contribution in [1.82, 2.24) is 14.9 Å². The number of alkyl halides is 1. The number of nitriles is 1. The molecule has 2 aliphatic carbocycles. The van der Waals surface area contributed by atoms with Crippen LogP contribution in [0.1, 0.15) is 52.2 Å². The number of rotatable bonds is 4. The van der Waals surface area contributed by atoms with Gasteiger partial charge >= 0.3 is 0 Å². The topological polar surface area (TPSA) is 99.0 Å². The Balaban J connectivity index is 1.35. The number of nitrogens with zero attached hydrogens (tertiary/aromatic N) is 4. The molecule has 1 aliphatic heterocycles. The van der Waals surface area contributed by atoms with E-state index in [-0.39, 0.29) is 30.5 Å². The fraction of sp³-hybridized carbons (Fsp3) is 0.381. The van der Waals surface area contributed by atoms with Gasteiger partial charge in [0.1, 0.15) is 18.8 Å². The van der Waals surface area contributed by atoms with Gasteiger partial charge in [0.05, 0.1) is 18.0 Å². The van der Waals surface area contributed by atoms with Crippen molar-refractivity contribution >= 4 is 17.8 Å². The first-order valence-electron chi connectivity index (χ1n) is 9.60. The first-order valence-corrected chi connectivity index (χ1v) is 9.60. The van der Waals surface area contributed by atoms with E-state index in [1.54, 1.807) is 6.07 Å². The number of hydrogen-bond donors (Lipinski definition) is 1. The summed E-state index contributed by atoms with van der Waals surface area (Å²) in [6.07, 6.45) is 4.25. The quantitative estimate of drug-likeness (QED) is 0.862. The molecule has 29 heavy (non-hydrogen) atoms. The van der Waals surface area contributed by atoms with Gasteiger partial charge < -0.3 is 4.90 Å². The van der Waals surface area contributed by atoms with E-state index in [4.69, 9.17) is 5.26 Å². The van der Waals surface area contributed by atoms with Gasteiger partial charge in [-0.25, -0.2) is 14.4 Å². The van der Waals surface area contributed by atoms with Crippen molar-refractivity contribution in [2.24, 2.45) is 0 Å². The first kappa shape index (κ1) is 17.7. The van der Waals surface area contributed by atoms with Crippen molar-refractivity contribution in [1.29, 1.82) is 5.26 Å². The summed E-state index contributed by atoms with van der Waals surface area (Å²) < 4.78 is 14.5. The van der Waals surface area contributed by atoms with E-state index in [0.29, 0.717) is 17.9 Å². The van der Waals surface area contributed by atoms with Gasteiger partial charge in [-0.1, -0.05) is 12.1 Å². The van der Waals surface area contributed by atoms with Crippen LogP contribution in [0.25, 0.3) is 0 Å². The molecule has 2 heterocycles. The highest BCUT2D eigenvalue weighted by molar-refractivity contribution is 6.01. The van der Waals surface area contributed by atoms with E-state index in [1.807, 2.05) is 18.2 Å². The highest BCUT2D eigenvalue weighted by Gasteiger charge is 2.61. The number of amides is 2. The van der Waals surface area contributed by atoms with Crippen molar-refractivity contribution in [2.75, 3.05) is 18.4 Å². The molecule has 0 saturated heterocycles. The molecule has 1 aromatic carbocycles. The predicted octanol–water partition coefficient (Wildman–Crippen LogP) is 2.30. The number of anilines is 1. The molecule has 5 rings (SSSR count). The lowest BCUT2D eigenvalue weighted by atomic mass is 9.84. The number of carbonyl (C=O) groups is 2. The molecule has 0 unspecified atom stereocenters. The van der Waals surface area contributed by atoms with Crippen LogP contribution in [0.3, 0.4) is 0 Å². The molecular formula is C21H18FN5O2. The van der Waals surface area contributed by atoms with Crippen LogP contribution in [0.4, 0.5) is 10.3 Å². The van der Waals surface area contributed by atoms with E-state index in [0.717, 1.165) is 18.4 Å². The largest absolute Gasteiger partial charge is 0.328 e. The van der Waals surface area contributed by atoms with Crippen molar-refractivity contribution < 1.29 is 14.0 Å². The summed E-state index contributed by atoms with van der Waals surface area (Å²) >= 11 is 0.